The topological polar surface area (TPSA) is 40.5 Å². The van der Waals surface area contributed by atoms with Gasteiger partial charge in [-0.05, 0) is 37.3 Å². The molecule has 1 aliphatic heterocycles. The molecule has 1 saturated heterocycles. The van der Waals surface area contributed by atoms with Crippen molar-refractivity contribution in [2.75, 3.05) is 13.1 Å². The fraction of sp³-hybridized carbons (Fsp3) is 0.583. The summed E-state index contributed by atoms with van der Waals surface area (Å²) in [4.78, 5) is 16.1. The zero-order valence-corrected chi connectivity index (χ0v) is 9.92. The molecule has 86 valence electrons. The van der Waals surface area contributed by atoms with Crippen molar-refractivity contribution in [3.8, 4) is 0 Å². The smallest absolute Gasteiger partial charge is 0.264 e. The first-order valence-electron chi connectivity index (χ1n) is 5.83. The molecular formula is C12H15NO2S. The minimum Gasteiger partial charge on any atom is -0.391 e. The molecule has 0 radical (unpaired) electrons. The van der Waals surface area contributed by atoms with E-state index in [0.29, 0.717) is 13.1 Å². The van der Waals surface area contributed by atoms with Gasteiger partial charge in [-0.15, -0.1) is 11.3 Å². The molecule has 2 aliphatic rings. The molecule has 1 N–H and O–H groups in total. The molecule has 4 heteroatoms. The van der Waals surface area contributed by atoms with E-state index < -0.39 is 0 Å². The Morgan fingerprint density at radius 3 is 3.06 bits per heavy atom. The number of aliphatic hydroxyl groups is 1. The number of aryl methyl sites for hydroxylation is 2. The molecule has 1 fully saturated rings. The average Bonchev–Trinajstić information content (AvgIpc) is 2.89. The summed E-state index contributed by atoms with van der Waals surface area (Å²) in [5, 5.41) is 9.42. The minimum absolute atomic E-state index is 0.107. The van der Waals surface area contributed by atoms with Crippen LogP contribution in [0.4, 0.5) is 0 Å². The third kappa shape index (κ3) is 1.66. The monoisotopic (exact) mass is 237 g/mol. The average molecular weight is 237 g/mol. The Labute approximate surface area is 98.7 Å². The van der Waals surface area contributed by atoms with Crippen LogP contribution in [-0.4, -0.2) is 35.1 Å². The van der Waals surface area contributed by atoms with Gasteiger partial charge in [0.05, 0.1) is 11.0 Å². The van der Waals surface area contributed by atoms with Gasteiger partial charge in [-0.25, -0.2) is 0 Å². The highest BCUT2D eigenvalue weighted by molar-refractivity contribution is 7.14. The highest BCUT2D eigenvalue weighted by Gasteiger charge is 2.27. The fourth-order valence-corrected chi connectivity index (χ4v) is 3.74. The normalized spacial score (nSPS) is 23.8. The van der Waals surface area contributed by atoms with Crippen molar-refractivity contribution >= 4 is 17.2 Å². The van der Waals surface area contributed by atoms with E-state index in [9.17, 15) is 9.90 Å². The van der Waals surface area contributed by atoms with Gasteiger partial charge in [-0.2, -0.15) is 0 Å². The molecule has 1 amide bonds. The molecule has 0 saturated carbocycles. The number of thiophene rings is 1. The molecular weight excluding hydrogens is 222 g/mol. The molecule has 0 aromatic carbocycles. The van der Waals surface area contributed by atoms with Crippen LogP contribution in [0.25, 0.3) is 0 Å². The number of fused-ring (bicyclic) bond motifs is 1. The van der Waals surface area contributed by atoms with E-state index in [-0.39, 0.29) is 12.0 Å². The lowest BCUT2D eigenvalue weighted by atomic mass is 10.2. The summed E-state index contributed by atoms with van der Waals surface area (Å²) < 4.78 is 0. The van der Waals surface area contributed by atoms with Crippen molar-refractivity contribution in [1.82, 2.24) is 4.90 Å². The summed E-state index contributed by atoms with van der Waals surface area (Å²) in [5.41, 5.74) is 1.37. The van der Waals surface area contributed by atoms with Gasteiger partial charge in [-0.3, -0.25) is 4.79 Å². The Hall–Kier alpha value is -0.870. The summed E-state index contributed by atoms with van der Waals surface area (Å²) >= 11 is 1.65. The van der Waals surface area contributed by atoms with Gasteiger partial charge in [0.15, 0.2) is 0 Å². The first-order valence-corrected chi connectivity index (χ1v) is 6.64. The Balaban J connectivity index is 1.79. The van der Waals surface area contributed by atoms with Crippen LogP contribution in [0.5, 0.6) is 0 Å². The molecule has 16 heavy (non-hydrogen) atoms. The summed E-state index contributed by atoms with van der Waals surface area (Å²) in [7, 11) is 0. The number of hydrogen-bond donors (Lipinski definition) is 1. The Bertz CT molecular complexity index is 405. The first kappa shape index (κ1) is 10.3. The fourth-order valence-electron chi connectivity index (χ4n) is 2.52. The van der Waals surface area contributed by atoms with Gasteiger partial charge in [-0.1, -0.05) is 0 Å². The van der Waals surface area contributed by atoms with E-state index in [1.807, 2.05) is 0 Å². The van der Waals surface area contributed by atoms with Gasteiger partial charge in [0, 0.05) is 18.0 Å². The number of amides is 1. The maximum atomic E-state index is 12.1. The Morgan fingerprint density at radius 1 is 1.50 bits per heavy atom. The highest BCUT2D eigenvalue weighted by atomic mass is 32.1. The van der Waals surface area contributed by atoms with Crippen LogP contribution in [0.2, 0.25) is 0 Å². The highest BCUT2D eigenvalue weighted by Crippen LogP contribution is 2.31. The van der Waals surface area contributed by atoms with E-state index in [2.05, 4.69) is 6.07 Å². The molecule has 0 unspecified atom stereocenters. The molecule has 0 bridgehead atoms. The zero-order chi connectivity index (χ0) is 11.1. The van der Waals surface area contributed by atoms with Crippen molar-refractivity contribution < 1.29 is 9.90 Å². The number of carbonyl (C=O) groups excluding carboxylic acids is 1. The lowest BCUT2D eigenvalue weighted by Gasteiger charge is -2.13. The van der Waals surface area contributed by atoms with Crippen molar-refractivity contribution in [3.63, 3.8) is 0 Å². The second-order valence-electron chi connectivity index (χ2n) is 4.61. The molecule has 3 nitrogen and oxygen atoms in total. The van der Waals surface area contributed by atoms with Crippen LogP contribution in [-0.2, 0) is 12.8 Å². The van der Waals surface area contributed by atoms with Crippen molar-refractivity contribution in [1.29, 1.82) is 0 Å². The SMILES string of the molecule is O=C(c1cc2c(s1)CCC2)N1CC[C@H](O)C1. The maximum absolute atomic E-state index is 12.1. The van der Waals surface area contributed by atoms with E-state index >= 15 is 0 Å². The number of aliphatic hydroxyl groups excluding tert-OH is 1. The maximum Gasteiger partial charge on any atom is 0.264 e. The Morgan fingerprint density at radius 2 is 2.38 bits per heavy atom. The number of β-amino-alcohol motifs (C(OH)–C–C–N with tert-alkyl or cyclic N) is 1. The molecule has 1 aliphatic carbocycles. The van der Waals surface area contributed by atoms with Gasteiger partial charge in [0.2, 0.25) is 0 Å². The second kappa shape index (κ2) is 3.86. The quantitative estimate of drug-likeness (QED) is 0.803. The number of rotatable bonds is 1. The molecule has 1 atom stereocenters. The van der Waals surface area contributed by atoms with Gasteiger partial charge < -0.3 is 10.0 Å². The Kier molecular flexibility index (Phi) is 2.48. The summed E-state index contributed by atoms with van der Waals surface area (Å²) in [6.45, 7) is 1.20. The lowest BCUT2D eigenvalue weighted by Crippen LogP contribution is -2.28. The van der Waals surface area contributed by atoms with Gasteiger partial charge in [0.25, 0.3) is 5.91 Å². The summed E-state index contributed by atoms with van der Waals surface area (Å²) in [6, 6.07) is 2.06. The molecule has 0 spiro atoms. The standard InChI is InChI=1S/C12H15NO2S/c14-9-4-5-13(7-9)12(15)11-6-8-2-1-3-10(8)16-11/h6,9,14H,1-5,7H2/t9-/m0/s1. The van der Waals surface area contributed by atoms with Crippen LogP contribution >= 0.6 is 11.3 Å². The summed E-state index contributed by atoms with van der Waals surface area (Å²) in [6.07, 6.45) is 3.89. The number of carbonyl (C=O) groups is 1. The largest absolute Gasteiger partial charge is 0.391 e. The predicted molar refractivity (Wildman–Crippen MR) is 62.9 cm³/mol. The molecule has 1 aromatic rings. The zero-order valence-electron chi connectivity index (χ0n) is 9.11. The number of hydrogen-bond acceptors (Lipinski definition) is 3. The van der Waals surface area contributed by atoms with E-state index in [0.717, 1.165) is 24.1 Å². The van der Waals surface area contributed by atoms with Crippen LogP contribution in [0.1, 0.15) is 33.0 Å². The van der Waals surface area contributed by atoms with E-state index in [1.165, 1.54) is 16.9 Å². The van der Waals surface area contributed by atoms with Crippen LogP contribution < -0.4 is 0 Å². The van der Waals surface area contributed by atoms with Crippen molar-refractivity contribution in [3.05, 3.63) is 21.4 Å². The van der Waals surface area contributed by atoms with Crippen LogP contribution in [0.15, 0.2) is 6.07 Å². The minimum atomic E-state index is -0.323. The number of likely N-dealkylation sites (tertiary alicyclic amines) is 1. The predicted octanol–water partition coefficient (Wildman–Crippen LogP) is 1.44. The third-order valence-corrected chi connectivity index (χ3v) is 4.63. The number of nitrogens with zero attached hydrogens (tertiary/aromatic N) is 1. The summed E-state index contributed by atoms with van der Waals surface area (Å²) in [5.74, 6) is 0.107. The molecule has 3 rings (SSSR count). The van der Waals surface area contributed by atoms with Crippen molar-refractivity contribution in [2.24, 2.45) is 0 Å². The molecule has 2 heterocycles. The van der Waals surface area contributed by atoms with Gasteiger partial charge in [0.1, 0.15) is 0 Å². The first-order chi connectivity index (χ1) is 7.74. The lowest BCUT2D eigenvalue weighted by molar-refractivity contribution is 0.0769. The molecule has 1 aromatic heterocycles. The van der Waals surface area contributed by atoms with Crippen LogP contribution in [0.3, 0.4) is 0 Å². The van der Waals surface area contributed by atoms with E-state index in [1.54, 1.807) is 16.2 Å². The van der Waals surface area contributed by atoms with E-state index in [4.69, 9.17) is 0 Å². The van der Waals surface area contributed by atoms with Crippen molar-refractivity contribution in [2.45, 2.75) is 31.8 Å². The van der Waals surface area contributed by atoms with Crippen LogP contribution in [0, 0.1) is 0 Å². The van der Waals surface area contributed by atoms with Gasteiger partial charge >= 0.3 is 0 Å². The third-order valence-electron chi connectivity index (χ3n) is 3.41. The second-order valence-corrected chi connectivity index (χ2v) is 5.74.